The monoisotopic (exact) mass is 232 g/mol. The molecule has 0 saturated carbocycles. The number of rotatable bonds is 3. The van der Waals surface area contributed by atoms with Gasteiger partial charge in [0, 0.05) is 12.0 Å². The maximum Gasteiger partial charge on any atom is 0.215 e. The summed E-state index contributed by atoms with van der Waals surface area (Å²) in [6.07, 6.45) is 0. The van der Waals surface area contributed by atoms with E-state index in [4.69, 9.17) is 4.74 Å². The number of fused-ring (bicyclic) bond motifs is 1. The number of hydrogen-bond acceptors (Lipinski definition) is 4. The lowest BCUT2D eigenvalue weighted by molar-refractivity contribution is 0.297. The van der Waals surface area contributed by atoms with Crippen LogP contribution in [-0.2, 0) is 0 Å². The largest absolute Gasteiger partial charge is 0.481 e. The van der Waals surface area contributed by atoms with Crippen LogP contribution in [0.2, 0.25) is 0 Å². The quantitative estimate of drug-likeness (QED) is 0.837. The molecule has 5 heteroatoms. The summed E-state index contributed by atoms with van der Waals surface area (Å²) < 4.78 is 5.10. The Labute approximate surface area is 99.6 Å². The van der Waals surface area contributed by atoms with E-state index in [9.17, 15) is 0 Å². The maximum atomic E-state index is 5.10. The van der Waals surface area contributed by atoms with Gasteiger partial charge in [0.2, 0.25) is 5.88 Å². The smallest absolute Gasteiger partial charge is 0.215 e. The molecule has 1 unspecified atom stereocenters. The molecule has 5 nitrogen and oxygen atoms in total. The Morgan fingerprint density at radius 3 is 2.82 bits per heavy atom. The molecule has 3 rings (SSSR count). The topological polar surface area (TPSA) is 62.8 Å². The number of nitrogens with one attached hydrogen (secondary N) is 2. The molecule has 2 N–H and O–H groups in total. The van der Waals surface area contributed by atoms with Crippen LogP contribution in [0.5, 0.6) is 5.88 Å². The molecule has 1 aliphatic heterocycles. The number of pyridine rings is 1. The Hall–Kier alpha value is -1.62. The second kappa shape index (κ2) is 4.00. The first-order valence-electron chi connectivity index (χ1n) is 5.89. The van der Waals surface area contributed by atoms with Crippen molar-refractivity contribution in [3.8, 4) is 5.88 Å². The van der Waals surface area contributed by atoms with Gasteiger partial charge in [-0.1, -0.05) is 6.92 Å². The molecule has 1 atom stereocenters. The molecule has 0 bridgehead atoms. The first-order chi connectivity index (χ1) is 8.28. The molecule has 3 heterocycles. The number of nitrogens with zero attached hydrogens (tertiary/aromatic N) is 2. The van der Waals surface area contributed by atoms with Gasteiger partial charge in [-0.05, 0) is 25.1 Å². The van der Waals surface area contributed by atoms with E-state index in [1.165, 1.54) is 0 Å². The number of ether oxygens (including phenoxy) is 1. The molecule has 0 spiro atoms. The van der Waals surface area contributed by atoms with Crippen LogP contribution in [-0.4, -0.2) is 35.2 Å². The minimum atomic E-state index is 0.441. The van der Waals surface area contributed by atoms with Gasteiger partial charge in [0.15, 0.2) is 5.65 Å². The van der Waals surface area contributed by atoms with Crippen molar-refractivity contribution < 1.29 is 4.74 Å². The highest BCUT2D eigenvalue weighted by atomic mass is 16.5. The van der Waals surface area contributed by atoms with Crippen molar-refractivity contribution in [3.63, 3.8) is 0 Å². The third-order valence-corrected chi connectivity index (χ3v) is 3.50. The lowest BCUT2D eigenvalue weighted by Gasteiger charge is -2.31. The lowest BCUT2D eigenvalue weighted by atomic mass is 9.88. The van der Waals surface area contributed by atoms with Gasteiger partial charge in [-0.25, -0.2) is 4.98 Å². The normalized spacial score (nSPS) is 18.0. The van der Waals surface area contributed by atoms with Crippen LogP contribution in [0.3, 0.4) is 0 Å². The SMILES string of the molecule is COc1ccc2[nH]c(C(C)C3CNC3)nc2n1. The lowest BCUT2D eigenvalue weighted by Crippen LogP contribution is -2.44. The zero-order valence-corrected chi connectivity index (χ0v) is 10.0. The standard InChI is InChI=1S/C12H16N4O/c1-7(8-5-13-6-8)11-14-9-3-4-10(17-2)15-12(9)16-11/h3-4,7-8,13H,5-6H2,1-2H3,(H,14,15,16). The van der Waals surface area contributed by atoms with Crippen molar-refractivity contribution in [3.05, 3.63) is 18.0 Å². The fraction of sp³-hybridized carbons (Fsp3) is 0.500. The minimum absolute atomic E-state index is 0.441. The Balaban J connectivity index is 1.95. The number of methoxy groups -OCH3 is 1. The van der Waals surface area contributed by atoms with Gasteiger partial charge in [0.05, 0.1) is 12.6 Å². The summed E-state index contributed by atoms with van der Waals surface area (Å²) in [5.41, 5.74) is 1.71. The first-order valence-corrected chi connectivity index (χ1v) is 5.89. The van der Waals surface area contributed by atoms with Gasteiger partial charge in [0.1, 0.15) is 5.82 Å². The van der Waals surface area contributed by atoms with Crippen LogP contribution >= 0.6 is 0 Å². The second-order valence-electron chi connectivity index (χ2n) is 4.55. The highest BCUT2D eigenvalue weighted by molar-refractivity contribution is 5.71. The van der Waals surface area contributed by atoms with Gasteiger partial charge in [-0.2, -0.15) is 4.98 Å². The van der Waals surface area contributed by atoms with Gasteiger partial charge < -0.3 is 15.0 Å². The molecule has 2 aromatic rings. The fourth-order valence-corrected chi connectivity index (χ4v) is 2.11. The Morgan fingerprint density at radius 2 is 2.18 bits per heavy atom. The molecule has 1 fully saturated rings. The van der Waals surface area contributed by atoms with Crippen molar-refractivity contribution in [1.29, 1.82) is 0 Å². The summed E-state index contributed by atoms with van der Waals surface area (Å²) in [5, 5.41) is 3.29. The van der Waals surface area contributed by atoms with Crippen LogP contribution in [0, 0.1) is 5.92 Å². The molecule has 0 aliphatic carbocycles. The summed E-state index contributed by atoms with van der Waals surface area (Å²) in [4.78, 5) is 12.2. The van der Waals surface area contributed by atoms with Gasteiger partial charge in [0.25, 0.3) is 0 Å². The molecule has 1 saturated heterocycles. The molecule has 2 aromatic heterocycles. The molecule has 17 heavy (non-hydrogen) atoms. The summed E-state index contributed by atoms with van der Waals surface area (Å²) in [6.45, 7) is 4.37. The van der Waals surface area contributed by atoms with E-state index in [-0.39, 0.29) is 0 Å². The van der Waals surface area contributed by atoms with Gasteiger partial charge >= 0.3 is 0 Å². The second-order valence-corrected chi connectivity index (χ2v) is 4.55. The summed E-state index contributed by atoms with van der Waals surface area (Å²) in [6, 6.07) is 3.81. The molecular weight excluding hydrogens is 216 g/mol. The van der Waals surface area contributed by atoms with Crippen molar-refractivity contribution in [2.24, 2.45) is 5.92 Å². The van der Waals surface area contributed by atoms with Crippen LogP contribution in [0.4, 0.5) is 0 Å². The van der Waals surface area contributed by atoms with Crippen LogP contribution < -0.4 is 10.1 Å². The van der Waals surface area contributed by atoms with Crippen molar-refractivity contribution in [1.82, 2.24) is 20.3 Å². The van der Waals surface area contributed by atoms with Crippen molar-refractivity contribution >= 4 is 11.2 Å². The van der Waals surface area contributed by atoms with Crippen molar-refractivity contribution in [2.75, 3.05) is 20.2 Å². The van der Waals surface area contributed by atoms with Gasteiger partial charge in [-0.3, -0.25) is 0 Å². The predicted octanol–water partition coefficient (Wildman–Crippen LogP) is 1.29. The van der Waals surface area contributed by atoms with E-state index >= 15 is 0 Å². The molecule has 0 aromatic carbocycles. The Morgan fingerprint density at radius 1 is 1.35 bits per heavy atom. The molecule has 0 radical (unpaired) electrons. The highest BCUT2D eigenvalue weighted by Crippen LogP contribution is 2.26. The number of imidazole rings is 1. The third-order valence-electron chi connectivity index (χ3n) is 3.50. The average Bonchev–Trinajstić information content (AvgIpc) is 2.68. The maximum absolute atomic E-state index is 5.10. The molecule has 0 amide bonds. The summed E-state index contributed by atoms with van der Waals surface area (Å²) >= 11 is 0. The van der Waals surface area contributed by atoms with E-state index in [1.807, 2.05) is 12.1 Å². The Bertz CT molecular complexity index is 532. The number of aromatic nitrogens is 3. The van der Waals surface area contributed by atoms with Gasteiger partial charge in [-0.15, -0.1) is 0 Å². The van der Waals surface area contributed by atoms with E-state index in [1.54, 1.807) is 7.11 Å². The van der Waals surface area contributed by atoms with Crippen LogP contribution in [0.25, 0.3) is 11.2 Å². The van der Waals surface area contributed by atoms with Crippen molar-refractivity contribution in [2.45, 2.75) is 12.8 Å². The average molecular weight is 232 g/mol. The van der Waals surface area contributed by atoms with E-state index in [0.717, 1.165) is 30.1 Å². The highest BCUT2D eigenvalue weighted by Gasteiger charge is 2.26. The number of H-pyrrole nitrogens is 1. The predicted molar refractivity (Wildman–Crippen MR) is 65.2 cm³/mol. The molecule has 90 valence electrons. The summed E-state index contributed by atoms with van der Waals surface area (Å²) in [5.74, 6) is 2.75. The zero-order chi connectivity index (χ0) is 11.8. The molecular formula is C12H16N4O. The summed E-state index contributed by atoms with van der Waals surface area (Å²) in [7, 11) is 1.62. The third kappa shape index (κ3) is 1.76. The number of aromatic amines is 1. The van der Waals surface area contributed by atoms with Crippen LogP contribution in [0.1, 0.15) is 18.7 Å². The minimum Gasteiger partial charge on any atom is -0.481 e. The fourth-order valence-electron chi connectivity index (χ4n) is 2.11. The van der Waals surface area contributed by atoms with E-state index < -0.39 is 0 Å². The van der Waals surface area contributed by atoms with Crippen LogP contribution in [0.15, 0.2) is 12.1 Å². The first kappa shape index (κ1) is 10.5. The molecule has 1 aliphatic rings. The number of hydrogen-bond donors (Lipinski definition) is 2. The van der Waals surface area contributed by atoms with E-state index in [2.05, 4.69) is 27.2 Å². The zero-order valence-electron chi connectivity index (χ0n) is 10.0. The Kier molecular flexibility index (Phi) is 2.48. The van der Waals surface area contributed by atoms with E-state index in [0.29, 0.717) is 17.7 Å².